The Balaban J connectivity index is 2.78. The van der Waals surface area contributed by atoms with E-state index < -0.39 is 0 Å². The van der Waals surface area contributed by atoms with E-state index in [9.17, 15) is 14.7 Å². The Morgan fingerprint density at radius 2 is 1.80 bits per heavy atom. The molecule has 0 amide bonds. The second kappa shape index (κ2) is 3.05. The largest absolute Gasteiger partial charge is 0.507 e. The number of carbonyl (C=O) groups is 2. The van der Waals surface area contributed by atoms with Crippen molar-refractivity contribution in [3.8, 4) is 5.75 Å². The van der Waals surface area contributed by atoms with Crippen molar-refractivity contribution in [3.63, 3.8) is 0 Å². The first-order valence-corrected chi connectivity index (χ1v) is 4.61. The van der Waals surface area contributed by atoms with Gasteiger partial charge in [-0.2, -0.15) is 0 Å². The van der Waals surface area contributed by atoms with Crippen molar-refractivity contribution in [1.82, 2.24) is 0 Å². The zero-order valence-electron chi connectivity index (χ0n) is 8.50. The van der Waals surface area contributed by atoms with Crippen LogP contribution in [-0.2, 0) is 0 Å². The predicted octanol–water partition coefficient (Wildman–Crippen LogP) is 2.03. The van der Waals surface area contributed by atoms with Gasteiger partial charge in [0.2, 0.25) is 0 Å². The molecule has 3 nitrogen and oxygen atoms in total. The summed E-state index contributed by atoms with van der Waals surface area (Å²) in [6, 6.07) is 3.12. The minimum Gasteiger partial charge on any atom is -0.507 e. The highest BCUT2D eigenvalue weighted by atomic mass is 16.3. The molecule has 0 heterocycles. The minimum atomic E-state index is -0.306. The van der Waals surface area contributed by atoms with Gasteiger partial charge in [-0.05, 0) is 37.6 Å². The molecule has 2 rings (SSSR count). The molecule has 0 saturated heterocycles. The van der Waals surface area contributed by atoms with Crippen LogP contribution in [0, 0.1) is 6.92 Å². The zero-order chi connectivity index (χ0) is 11.2. The molecule has 1 aliphatic rings. The van der Waals surface area contributed by atoms with E-state index in [0.717, 1.165) is 5.56 Å². The van der Waals surface area contributed by atoms with E-state index in [-0.39, 0.29) is 22.9 Å². The first-order valence-electron chi connectivity index (χ1n) is 4.61. The summed E-state index contributed by atoms with van der Waals surface area (Å²) in [4.78, 5) is 23.3. The Morgan fingerprint density at radius 1 is 1.13 bits per heavy atom. The molecule has 1 aliphatic carbocycles. The van der Waals surface area contributed by atoms with Crippen LogP contribution in [0.15, 0.2) is 23.8 Å². The van der Waals surface area contributed by atoms with Crippen LogP contribution in [0.25, 0.3) is 0 Å². The molecule has 0 bridgehead atoms. The van der Waals surface area contributed by atoms with Crippen LogP contribution in [0.5, 0.6) is 5.75 Å². The molecule has 0 saturated carbocycles. The van der Waals surface area contributed by atoms with Crippen LogP contribution >= 0.6 is 0 Å². The number of hydrogen-bond donors (Lipinski definition) is 1. The quantitative estimate of drug-likeness (QED) is 0.700. The summed E-state index contributed by atoms with van der Waals surface area (Å²) in [5, 5.41) is 9.61. The third-order valence-corrected chi connectivity index (χ3v) is 2.46. The maximum atomic E-state index is 11.7. The highest BCUT2D eigenvalue weighted by Gasteiger charge is 2.26. The van der Waals surface area contributed by atoms with Crippen LogP contribution in [0.3, 0.4) is 0 Å². The van der Waals surface area contributed by atoms with Gasteiger partial charge in [-0.1, -0.05) is 0 Å². The van der Waals surface area contributed by atoms with E-state index in [1.807, 2.05) is 0 Å². The maximum Gasteiger partial charge on any atom is 0.190 e. The molecule has 1 aromatic carbocycles. The molecular weight excluding hydrogens is 192 g/mol. The monoisotopic (exact) mass is 202 g/mol. The Hall–Kier alpha value is -1.90. The molecule has 1 aromatic rings. The van der Waals surface area contributed by atoms with Gasteiger partial charge < -0.3 is 5.11 Å². The summed E-state index contributed by atoms with van der Waals surface area (Å²) in [5.74, 6) is -0.615. The Labute approximate surface area is 87.0 Å². The second-order valence-corrected chi connectivity index (χ2v) is 3.73. The van der Waals surface area contributed by atoms with Crippen molar-refractivity contribution in [3.05, 3.63) is 40.5 Å². The van der Waals surface area contributed by atoms with Crippen LogP contribution in [0.1, 0.15) is 33.2 Å². The first kappa shape index (κ1) is 9.65. The number of ketones is 2. The predicted molar refractivity (Wildman–Crippen MR) is 55.3 cm³/mol. The van der Waals surface area contributed by atoms with Gasteiger partial charge in [-0.25, -0.2) is 0 Å². The molecular formula is C12H10O3. The molecule has 0 unspecified atom stereocenters. The van der Waals surface area contributed by atoms with Gasteiger partial charge in [0.05, 0.1) is 5.56 Å². The number of allylic oxidation sites excluding steroid dienone is 2. The molecule has 3 heteroatoms. The van der Waals surface area contributed by atoms with Crippen LogP contribution in [0.4, 0.5) is 0 Å². The van der Waals surface area contributed by atoms with Crippen LogP contribution < -0.4 is 0 Å². The number of phenols is 1. The highest BCUT2D eigenvalue weighted by Crippen LogP contribution is 2.29. The fourth-order valence-electron chi connectivity index (χ4n) is 1.75. The van der Waals surface area contributed by atoms with E-state index in [1.165, 1.54) is 12.1 Å². The van der Waals surface area contributed by atoms with Crippen molar-refractivity contribution < 1.29 is 14.7 Å². The van der Waals surface area contributed by atoms with E-state index in [4.69, 9.17) is 0 Å². The number of phenolic OH excluding ortho intramolecular Hbond substituents is 1. The van der Waals surface area contributed by atoms with Gasteiger partial charge in [0.1, 0.15) is 5.75 Å². The van der Waals surface area contributed by atoms with E-state index in [1.54, 1.807) is 19.9 Å². The number of rotatable bonds is 0. The number of aromatic hydroxyl groups is 1. The third kappa shape index (κ3) is 1.36. The molecule has 76 valence electrons. The molecule has 0 spiro atoms. The van der Waals surface area contributed by atoms with Gasteiger partial charge in [-0.3, -0.25) is 9.59 Å². The molecule has 0 radical (unpaired) electrons. The number of aryl methyl sites for hydroxylation is 1. The van der Waals surface area contributed by atoms with Crippen LogP contribution in [0.2, 0.25) is 0 Å². The van der Waals surface area contributed by atoms with Gasteiger partial charge in [0.25, 0.3) is 0 Å². The number of hydrogen-bond acceptors (Lipinski definition) is 3. The summed E-state index contributed by atoms with van der Waals surface area (Å²) in [5.41, 5.74) is 1.60. The topological polar surface area (TPSA) is 54.4 Å². The Kier molecular flexibility index (Phi) is 1.96. The molecule has 0 fully saturated rings. The summed E-state index contributed by atoms with van der Waals surface area (Å²) >= 11 is 0. The average Bonchev–Trinajstić information content (AvgIpc) is 2.12. The number of carbonyl (C=O) groups excluding carboxylic acids is 2. The number of benzene rings is 1. The third-order valence-electron chi connectivity index (χ3n) is 2.46. The zero-order valence-corrected chi connectivity index (χ0v) is 8.50. The summed E-state index contributed by atoms with van der Waals surface area (Å²) in [6.07, 6.45) is 1.26. The Morgan fingerprint density at radius 3 is 2.47 bits per heavy atom. The van der Waals surface area contributed by atoms with E-state index in [0.29, 0.717) is 11.1 Å². The molecule has 0 aromatic heterocycles. The van der Waals surface area contributed by atoms with Crippen molar-refractivity contribution >= 4 is 11.6 Å². The normalized spacial score (nSPS) is 14.9. The van der Waals surface area contributed by atoms with Crippen molar-refractivity contribution in [2.24, 2.45) is 0 Å². The van der Waals surface area contributed by atoms with Gasteiger partial charge in [0.15, 0.2) is 11.6 Å². The lowest BCUT2D eigenvalue weighted by Crippen LogP contribution is -2.15. The fraction of sp³-hybridized carbons (Fsp3) is 0.167. The second-order valence-electron chi connectivity index (χ2n) is 3.73. The first-order chi connectivity index (χ1) is 7.00. The molecule has 1 N–H and O–H groups in total. The average molecular weight is 202 g/mol. The van der Waals surface area contributed by atoms with Gasteiger partial charge >= 0.3 is 0 Å². The summed E-state index contributed by atoms with van der Waals surface area (Å²) in [6.45, 7) is 3.37. The standard InChI is InChI=1S/C12H10O3/c1-6-3-8-11(9(13)4-6)10(14)5-7(2)12(8)15/h3-5,13H,1-2H3. The lowest BCUT2D eigenvalue weighted by atomic mass is 9.88. The summed E-state index contributed by atoms with van der Waals surface area (Å²) < 4.78 is 0. The summed E-state index contributed by atoms with van der Waals surface area (Å²) in [7, 11) is 0. The van der Waals surface area contributed by atoms with E-state index >= 15 is 0 Å². The van der Waals surface area contributed by atoms with Gasteiger partial charge in [0, 0.05) is 11.1 Å². The van der Waals surface area contributed by atoms with Crippen molar-refractivity contribution in [1.29, 1.82) is 0 Å². The van der Waals surface area contributed by atoms with Crippen molar-refractivity contribution in [2.75, 3.05) is 0 Å². The SMILES string of the molecule is CC1=CC(=O)c2c(O)cc(C)cc2C1=O. The lowest BCUT2D eigenvalue weighted by Gasteiger charge is -2.14. The van der Waals surface area contributed by atoms with Crippen LogP contribution in [-0.4, -0.2) is 16.7 Å². The fourth-order valence-corrected chi connectivity index (χ4v) is 1.75. The maximum absolute atomic E-state index is 11.7. The molecule has 0 atom stereocenters. The Bertz CT molecular complexity index is 510. The highest BCUT2D eigenvalue weighted by molar-refractivity contribution is 6.25. The van der Waals surface area contributed by atoms with E-state index in [2.05, 4.69) is 0 Å². The number of fused-ring (bicyclic) bond motifs is 1. The van der Waals surface area contributed by atoms with Gasteiger partial charge in [-0.15, -0.1) is 0 Å². The number of Topliss-reactive ketones (excluding diaryl/α,β-unsaturated/α-hetero) is 1. The molecule has 15 heavy (non-hydrogen) atoms. The van der Waals surface area contributed by atoms with Crippen molar-refractivity contribution in [2.45, 2.75) is 13.8 Å². The molecule has 0 aliphatic heterocycles. The lowest BCUT2D eigenvalue weighted by molar-refractivity contribution is 0.0982. The minimum absolute atomic E-state index is 0.118. The smallest absolute Gasteiger partial charge is 0.190 e.